The molecule has 1 saturated carbocycles. The van der Waals surface area contributed by atoms with E-state index in [1.54, 1.807) is 24.3 Å². The molecule has 1 aliphatic rings. The normalized spacial score (nSPS) is 14.2. The summed E-state index contributed by atoms with van der Waals surface area (Å²) in [6.07, 6.45) is 2.32. The van der Waals surface area contributed by atoms with E-state index >= 15 is 0 Å². The Morgan fingerprint density at radius 2 is 1.76 bits per heavy atom. The molecule has 2 aromatic carbocycles. The quantitative estimate of drug-likeness (QED) is 0.901. The van der Waals surface area contributed by atoms with Gasteiger partial charge >= 0.3 is 0 Å². The van der Waals surface area contributed by atoms with Crippen molar-refractivity contribution in [3.8, 4) is 16.9 Å². The molecule has 0 aromatic heterocycles. The molecule has 1 aliphatic carbocycles. The summed E-state index contributed by atoms with van der Waals surface area (Å²) in [7, 11) is 1.43. The maximum absolute atomic E-state index is 13.8. The molecule has 0 unspecified atom stereocenters. The molecule has 110 valence electrons. The van der Waals surface area contributed by atoms with Crippen molar-refractivity contribution in [2.45, 2.75) is 25.4 Å². The van der Waals surface area contributed by atoms with Crippen LogP contribution < -0.4 is 10.1 Å². The van der Waals surface area contributed by atoms with Gasteiger partial charge in [0, 0.05) is 18.2 Å². The van der Waals surface area contributed by atoms with E-state index in [4.69, 9.17) is 4.74 Å². The fourth-order valence-electron chi connectivity index (χ4n) is 2.28. The lowest BCUT2D eigenvalue weighted by molar-refractivity contribution is 0.386. The van der Waals surface area contributed by atoms with Gasteiger partial charge in [-0.2, -0.15) is 0 Å². The van der Waals surface area contributed by atoms with Crippen molar-refractivity contribution in [1.82, 2.24) is 5.32 Å². The lowest BCUT2D eigenvalue weighted by atomic mass is 10.0. The first-order chi connectivity index (χ1) is 10.2. The molecule has 4 heteroatoms. The summed E-state index contributed by atoms with van der Waals surface area (Å²) in [6, 6.07) is 10.1. The zero-order valence-corrected chi connectivity index (χ0v) is 11.8. The molecule has 1 N–H and O–H groups in total. The van der Waals surface area contributed by atoms with Crippen molar-refractivity contribution in [3.63, 3.8) is 0 Å². The van der Waals surface area contributed by atoms with Crippen LogP contribution in [0.5, 0.6) is 5.75 Å². The van der Waals surface area contributed by atoms with Crippen LogP contribution >= 0.6 is 0 Å². The van der Waals surface area contributed by atoms with Crippen molar-refractivity contribution in [3.05, 3.63) is 53.6 Å². The molecule has 0 aliphatic heterocycles. The third kappa shape index (κ3) is 3.22. The van der Waals surface area contributed by atoms with Crippen LogP contribution in [-0.2, 0) is 6.54 Å². The number of halogens is 2. The highest BCUT2D eigenvalue weighted by Gasteiger charge is 2.20. The number of hydrogen-bond acceptors (Lipinski definition) is 2. The SMILES string of the molecule is COc1ccc(-c2ccc(F)c(CNC3CC3)c2)cc1F. The fourth-order valence-corrected chi connectivity index (χ4v) is 2.28. The van der Waals surface area contributed by atoms with Gasteiger partial charge in [0.2, 0.25) is 0 Å². The fraction of sp³-hybridized carbons (Fsp3) is 0.294. The van der Waals surface area contributed by atoms with Crippen LogP contribution in [0.4, 0.5) is 8.78 Å². The molecular weight excluding hydrogens is 272 g/mol. The highest BCUT2D eigenvalue weighted by Crippen LogP contribution is 2.27. The van der Waals surface area contributed by atoms with Gasteiger partial charge in [-0.25, -0.2) is 8.78 Å². The van der Waals surface area contributed by atoms with Gasteiger partial charge in [-0.3, -0.25) is 0 Å². The minimum absolute atomic E-state index is 0.205. The Morgan fingerprint density at radius 1 is 1.05 bits per heavy atom. The number of benzene rings is 2. The predicted octanol–water partition coefficient (Wildman–Crippen LogP) is 3.89. The van der Waals surface area contributed by atoms with Gasteiger partial charge < -0.3 is 10.1 Å². The number of nitrogens with one attached hydrogen (secondary N) is 1. The largest absolute Gasteiger partial charge is 0.494 e. The third-order valence-corrected chi connectivity index (χ3v) is 3.69. The number of rotatable bonds is 5. The topological polar surface area (TPSA) is 21.3 Å². The average Bonchev–Trinajstić information content (AvgIpc) is 3.30. The zero-order chi connectivity index (χ0) is 14.8. The van der Waals surface area contributed by atoms with Crippen LogP contribution in [0.25, 0.3) is 11.1 Å². The Balaban J connectivity index is 1.86. The van der Waals surface area contributed by atoms with E-state index in [1.807, 2.05) is 0 Å². The molecule has 21 heavy (non-hydrogen) atoms. The van der Waals surface area contributed by atoms with Crippen LogP contribution in [-0.4, -0.2) is 13.2 Å². The van der Waals surface area contributed by atoms with Crippen LogP contribution in [0.15, 0.2) is 36.4 Å². The minimum atomic E-state index is -0.419. The molecule has 2 nitrogen and oxygen atoms in total. The Morgan fingerprint density at radius 3 is 2.43 bits per heavy atom. The average molecular weight is 289 g/mol. The summed E-state index contributed by atoms with van der Waals surface area (Å²) in [6.45, 7) is 0.503. The van der Waals surface area contributed by atoms with E-state index in [0.29, 0.717) is 23.7 Å². The van der Waals surface area contributed by atoms with Gasteiger partial charge in [0.1, 0.15) is 5.82 Å². The third-order valence-electron chi connectivity index (χ3n) is 3.69. The first-order valence-corrected chi connectivity index (χ1v) is 7.03. The second kappa shape index (κ2) is 5.82. The van der Waals surface area contributed by atoms with Gasteiger partial charge in [-0.05, 0) is 48.2 Å². The number of ether oxygens (including phenoxy) is 1. The Labute approximate surface area is 122 Å². The van der Waals surface area contributed by atoms with Crippen molar-refractivity contribution in [1.29, 1.82) is 0 Å². The van der Waals surface area contributed by atoms with E-state index in [0.717, 1.165) is 18.4 Å². The lowest BCUT2D eigenvalue weighted by Crippen LogP contribution is -2.16. The molecular formula is C17H17F2NO. The Bertz CT molecular complexity index is 653. The van der Waals surface area contributed by atoms with E-state index in [1.165, 1.54) is 19.2 Å². The van der Waals surface area contributed by atoms with Gasteiger partial charge in [0.05, 0.1) is 7.11 Å². The molecule has 3 rings (SSSR count). The molecule has 1 fully saturated rings. The summed E-state index contributed by atoms with van der Waals surface area (Å²) in [4.78, 5) is 0. The molecule has 0 saturated heterocycles. The summed E-state index contributed by atoms with van der Waals surface area (Å²) in [5.74, 6) is -0.450. The maximum atomic E-state index is 13.8. The van der Waals surface area contributed by atoms with E-state index in [-0.39, 0.29) is 11.6 Å². The minimum Gasteiger partial charge on any atom is -0.494 e. The molecule has 0 atom stereocenters. The van der Waals surface area contributed by atoms with Crippen LogP contribution in [0.3, 0.4) is 0 Å². The smallest absolute Gasteiger partial charge is 0.165 e. The molecule has 0 radical (unpaired) electrons. The molecule has 0 amide bonds. The highest BCUT2D eigenvalue weighted by molar-refractivity contribution is 5.65. The Kier molecular flexibility index (Phi) is 3.88. The van der Waals surface area contributed by atoms with E-state index in [2.05, 4.69) is 5.32 Å². The zero-order valence-electron chi connectivity index (χ0n) is 11.8. The highest BCUT2D eigenvalue weighted by atomic mass is 19.1. The second-order valence-electron chi connectivity index (χ2n) is 5.31. The van der Waals surface area contributed by atoms with Crippen molar-refractivity contribution >= 4 is 0 Å². The van der Waals surface area contributed by atoms with Gasteiger partial charge in [-0.1, -0.05) is 12.1 Å². The van der Waals surface area contributed by atoms with Gasteiger partial charge in [0.25, 0.3) is 0 Å². The summed E-state index contributed by atoms with van der Waals surface area (Å²) < 4.78 is 32.5. The maximum Gasteiger partial charge on any atom is 0.165 e. The van der Waals surface area contributed by atoms with Crippen molar-refractivity contribution in [2.24, 2.45) is 0 Å². The predicted molar refractivity (Wildman–Crippen MR) is 78.2 cm³/mol. The standard InChI is InChI=1S/C17H17F2NO/c1-21-17-7-3-12(9-16(17)19)11-2-6-15(18)13(8-11)10-20-14-4-5-14/h2-3,6-9,14,20H,4-5,10H2,1H3. The van der Waals surface area contributed by atoms with Crippen LogP contribution in [0.1, 0.15) is 18.4 Å². The van der Waals surface area contributed by atoms with Gasteiger partial charge in [0.15, 0.2) is 11.6 Å². The first-order valence-electron chi connectivity index (χ1n) is 7.03. The van der Waals surface area contributed by atoms with Crippen LogP contribution in [0.2, 0.25) is 0 Å². The van der Waals surface area contributed by atoms with E-state index in [9.17, 15) is 8.78 Å². The number of hydrogen-bond donors (Lipinski definition) is 1. The first kappa shape index (κ1) is 14.0. The molecule has 0 heterocycles. The molecule has 2 aromatic rings. The van der Waals surface area contributed by atoms with Crippen LogP contribution in [0, 0.1) is 11.6 Å². The van der Waals surface area contributed by atoms with E-state index < -0.39 is 5.82 Å². The second-order valence-corrected chi connectivity index (χ2v) is 5.31. The van der Waals surface area contributed by atoms with Crippen molar-refractivity contribution in [2.75, 3.05) is 7.11 Å². The van der Waals surface area contributed by atoms with Crippen molar-refractivity contribution < 1.29 is 13.5 Å². The summed E-state index contributed by atoms with van der Waals surface area (Å²) >= 11 is 0. The molecule has 0 spiro atoms. The Hall–Kier alpha value is -1.94. The molecule has 0 bridgehead atoms. The lowest BCUT2D eigenvalue weighted by Gasteiger charge is -2.09. The monoisotopic (exact) mass is 289 g/mol. The summed E-state index contributed by atoms with van der Waals surface area (Å²) in [5, 5.41) is 3.29. The summed E-state index contributed by atoms with van der Waals surface area (Å²) in [5.41, 5.74) is 2.11. The number of methoxy groups -OCH3 is 1. The van der Waals surface area contributed by atoms with Gasteiger partial charge in [-0.15, -0.1) is 0 Å².